The number of amides is 1. The molecule has 1 amide bonds. The minimum Gasteiger partial charge on any atom is -0.456 e. The van der Waals surface area contributed by atoms with E-state index < -0.39 is 0 Å². The van der Waals surface area contributed by atoms with E-state index in [2.05, 4.69) is 9.97 Å². The summed E-state index contributed by atoms with van der Waals surface area (Å²) < 4.78 is 11.5. The highest BCUT2D eigenvalue weighted by Crippen LogP contribution is 2.40. The topological polar surface area (TPSA) is 68.5 Å². The molecule has 2 aromatic rings. The molecule has 0 spiro atoms. The standard InChI is InChI=1S/C16H17N3O3/c1-10-2-3-13(21-10)16(20)19-7-11-6-14(22-15(11)8-19)12-4-5-17-9-18-12/h2-5,9,11,14-15H,6-8H2,1H3/t11-,14-,15+/m0/s1. The highest BCUT2D eigenvalue weighted by atomic mass is 16.5. The van der Waals surface area contributed by atoms with Gasteiger partial charge in [-0.05, 0) is 31.5 Å². The molecule has 2 aliphatic rings. The van der Waals surface area contributed by atoms with Gasteiger partial charge >= 0.3 is 0 Å². The third kappa shape index (κ3) is 2.29. The Bertz CT molecular complexity index is 671. The Morgan fingerprint density at radius 3 is 2.91 bits per heavy atom. The number of nitrogens with zero attached hydrogens (tertiary/aromatic N) is 3. The summed E-state index contributed by atoms with van der Waals surface area (Å²) in [5.41, 5.74) is 0.920. The van der Waals surface area contributed by atoms with Crippen molar-refractivity contribution in [3.8, 4) is 0 Å². The number of fused-ring (bicyclic) bond motifs is 1. The van der Waals surface area contributed by atoms with E-state index >= 15 is 0 Å². The summed E-state index contributed by atoms with van der Waals surface area (Å²) in [5, 5.41) is 0. The minimum atomic E-state index is -0.0512. The number of likely N-dealkylation sites (tertiary alicyclic amines) is 1. The fraction of sp³-hybridized carbons (Fsp3) is 0.438. The molecule has 4 heterocycles. The highest BCUT2D eigenvalue weighted by molar-refractivity contribution is 5.91. The van der Waals surface area contributed by atoms with Gasteiger partial charge < -0.3 is 14.1 Å². The first kappa shape index (κ1) is 13.5. The molecule has 22 heavy (non-hydrogen) atoms. The van der Waals surface area contributed by atoms with E-state index in [9.17, 15) is 4.79 Å². The van der Waals surface area contributed by atoms with Crippen LogP contribution < -0.4 is 0 Å². The van der Waals surface area contributed by atoms with Crippen LogP contribution in [0.3, 0.4) is 0 Å². The van der Waals surface area contributed by atoms with E-state index in [0.29, 0.717) is 24.8 Å². The van der Waals surface area contributed by atoms with Crippen molar-refractivity contribution in [3.63, 3.8) is 0 Å². The van der Waals surface area contributed by atoms with E-state index in [0.717, 1.165) is 17.9 Å². The second-order valence-electron chi connectivity index (χ2n) is 5.91. The van der Waals surface area contributed by atoms with Crippen LogP contribution in [-0.4, -0.2) is 40.0 Å². The summed E-state index contributed by atoms with van der Waals surface area (Å²) >= 11 is 0. The lowest BCUT2D eigenvalue weighted by molar-refractivity contribution is 0.0329. The van der Waals surface area contributed by atoms with Crippen molar-refractivity contribution in [2.45, 2.75) is 25.6 Å². The van der Waals surface area contributed by atoms with Crippen molar-refractivity contribution in [1.29, 1.82) is 0 Å². The number of ether oxygens (including phenoxy) is 1. The molecule has 2 saturated heterocycles. The smallest absolute Gasteiger partial charge is 0.289 e. The van der Waals surface area contributed by atoms with Crippen LogP contribution in [0.5, 0.6) is 0 Å². The molecule has 0 aliphatic carbocycles. The molecule has 2 aliphatic heterocycles. The largest absolute Gasteiger partial charge is 0.456 e. The number of aryl methyl sites for hydroxylation is 1. The number of hydrogen-bond donors (Lipinski definition) is 0. The molecule has 2 aromatic heterocycles. The zero-order chi connectivity index (χ0) is 15.1. The third-order valence-electron chi connectivity index (χ3n) is 4.41. The van der Waals surface area contributed by atoms with Crippen LogP contribution >= 0.6 is 0 Å². The molecule has 6 heteroatoms. The van der Waals surface area contributed by atoms with Gasteiger partial charge in [0.15, 0.2) is 5.76 Å². The van der Waals surface area contributed by atoms with Gasteiger partial charge in [0.1, 0.15) is 18.2 Å². The fourth-order valence-electron chi connectivity index (χ4n) is 3.32. The van der Waals surface area contributed by atoms with E-state index in [1.807, 2.05) is 24.0 Å². The predicted octanol–water partition coefficient (Wildman–Crippen LogP) is 1.98. The van der Waals surface area contributed by atoms with Crippen LogP contribution in [0.1, 0.15) is 34.5 Å². The molecule has 0 aromatic carbocycles. The maximum absolute atomic E-state index is 12.4. The summed E-state index contributed by atoms with van der Waals surface area (Å²) in [4.78, 5) is 22.4. The molecule has 3 atom stereocenters. The number of furan rings is 1. The highest BCUT2D eigenvalue weighted by Gasteiger charge is 2.44. The molecule has 0 unspecified atom stereocenters. The number of carbonyl (C=O) groups is 1. The summed E-state index contributed by atoms with van der Waals surface area (Å²) in [6.07, 6.45) is 4.26. The predicted molar refractivity (Wildman–Crippen MR) is 77.1 cm³/mol. The molecular weight excluding hydrogens is 282 g/mol. The van der Waals surface area contributed by atoms with Gasteiger partial charge in [0.05, 0.1) is 11.8 Å². The zero-order valence-corrected chi connectivity index (χ0v) is 12.3. The van der Waals surface area contributed by atoms with Crippen molar-refractivity contribution in [2.75, 3.05) is 13.1 Å². The maximum atomic E-state index is 12.4. The fourth-order valence-corrected chi connectivity index (χ4v) is 3.32. The zero-order valence-electron chi connectivity index (χ0n) is 12.3. The Kier molecular flexibility index (Phi) is 3.18. The lowest BCUT2D eigenvalue weighted by Gasteiger charge is -2.18. The molecule has 4 rings (SSSR count). The Morgan fingerprint density at radius 1 is 1.32 bits per heavy atom. The first-order chi connectivity index (χ1) is 10.7. The SMILES string of the molecule is Cc1ccc(C(=O)N2C[C@@H]3C[C@@H](c4ccncn4)O[C@@H]3C2)o1. The van der Waals surface area contributed by atoms with Crippen LogP contribution in [0, 0.1) is 12.8 Å². The van der Waals surface area contributed by atoms with E-state index in [1.165, 1.54) is 0 Å². The minimum absolute atomic E-state index is 0.0149. The Hall–Kier alpha value is -2.21. The van der Waals surface area contributed by atoms with Gasteiger partial charge in [0, 0.05) is 25.2 Å². The van der Waals surface area contributed by atoms with Crippen molar-refractivity contribution in [3.05, 3.63) is 47.9 Å². The van der Waals surface area contributed by atoms with Crippen LogP contribution in [0.25, 0.3) is 0 Å². The number of carbonyl (C=O) groups excluding carboxylic acids is 1. The summed E-state index contributed by atoms with van der Waals surface area (Å²) in [5.74, 6) is 1.47. The maximum Gasteiger partial charge on any atom is 0.289 e. The monoisotopic (exact) mass is 299 g/mol. The molecule has 0 bridgehead atoms. The lowest BCUT2D eigenvalue weighted by atomic mass is 10.0. The third-order valence-corrected chi connectivity index (χ3v) is 4.41. The van der Waals surface area contributed by atoms with Crippen LogP contribution in [0.4, 0.5) is 0 Å². The Morgan fingerprint density at radius 2 is 2.23 bits per heavy atom. The van der Waals surface area contributed by atoms with Crippen LogP contribution in [-0.2, 0) is 4.74 Å². The van der Waals surface area contributed by atoms with Crippen LogP contribution in [0.2, 0.25) is 0 Å². The van der Waals surface area contributed by atoms with Crippen LogP contribution in [0.15, 0.2) is 35.1 Å². The van der Waals surface area contributed by atoms with E-state index in [4.69, 9.17) is 9.15 Å². The van der Waals surface area contributed by atoms with Gasteiger partial charge in [-0.2, -0.15) is 0 Å². The second-order valence-corrected chi connectivity index (χ2v) is 5.91. The molecule has 0 radical (unpaired) electrons. The molecule has 0 N–H and O–H groups in total. The average Bonchev–Trinajstić information content (AvgIpc) is 3.21. The van der Waals surface area contributed by atoms with E-state index in [-0.39, 0.29) is 18.1 Å². The van der Waals surface area contributed by atoms with Gasteiger partial charge in [-0.15, -0.1) is 0 Å². The Balaban J connectivity index is 1.42. The normalized spacial score (nSPS) is 27.1. The average molecular weight is 299 g/mol. The van der Waals surface area contributed by atoms with Gasteiger partial charge in [-0.1, -0.05) is 0 Å². The molecule has 114 valence electrons. The molecule has 0 saturated carbocycles. The first-order valence-electron chi connectivity index (χ1n) is 7.48. The van der Waals surface area contributed by atoms with Gasteiger partial charge in [0.25, 0.3) is 5.91 Å². The lowest BCUT2D eigenvalue weighted by Crippen LogP contribution is -2.30. The summed E-state index contributed by atoms with van der Waals surface area (Å²) in [6.45, 7) is 3.17. The molecule has 6 nitrogen and oxygen atoms in total. The van der Waals surface area contributed by atoms with E-state index in [1.54, 1.807) is 18.6 Å². The van der Waals surface area contributed by atoms with Crippen molar-refractivity contribution >= 4 is 5.91 Å². The Labute approximate surface area is 128 Å². The molecular formula is C16H17N3O3. The van der Waals surface area contributed by atoms with Crippen molar-refractivity contribution in [1.82, 2.24) is 14.9 Å². The van der Waals surface area contributed by atoms with Crippen molar-refractivity contribution in [2.24, 2.45) is 5.92 Å². The number of rotatable bonds is 2. The summed E-state index contributed by atoms with van der Waals surface area (Å²) in [7, 11) is 0. The quantitative estimate of drug-likeness (QED) is 0.848. The number of hydrogen-bond acceptors (Lipinski definition) is 5. The second kappa shape index (κ2) is 5.21. The van der Waals surface area contributed by atoms with Crippen molar-refractivity contribution < 1.29 is 13.9 Å². The van der Waals surface area contributed by atoms with Gasteiger partial charge in [-0.3, -0.25) is 4.79 Å². The van der Waals surface area contributed by atoms with Gasteiger partial charge in [-0.25, -0.2) is 9.97 Å². The van der Waals surface area contributed by atoms with Gasteiger partial charge in [0.2, 0.25) is 0 Å². The first-order valence-corrected chi connectivity index (χ1v) is 7.48. The summed E-state index contributed by atoms with van der Waals surface area (Å²) in [6, 6.07) is 5.43. The number of aromatic nitrogens is 2. The molecule has 2 fully saturated rings.